The minimum atomic E-state index is -2.93. The van der Waals surface area contributed by atoms with Crippen molar-refractivity contribution in [3.05, 3.63) is 34.3 Å². The number of sulfone groups is 1. The summed E-state index contributed by atoms with van der Waals surface area (Å²) in [6, 6.07) is 8.46. The van der Waals surface area contributed by atoms with Gasteiger partial charge in [0.1, 0.15) is 9.84 Å². The predicted octanol–water partition coefficient (Wildman–Crippen LogP) is 3.75. The Morgan fingerprint density at radius 1 is 1.19 bits per heavy atom. The van der Waals surface area contributed by atoms with Crippen LogP contribution < -0.4 is 5.32 Å². The van der Waals surface area contributed by atoms with Crippen LogP contribution in [0.4, 0.5) is 0 Å². The van der Waals surface area contributed by atoms with Crippen LogP contribution in [0.3, 0.4) is 0 Å². The first kappa shape index (κ1) is 18.7. The van der Waals surface area contributed by atoms with E-state index in [4.69, 9.17) is 0 Å². The molecule has 0 heterocycles. The van der Waals surface area contributed by atoms with Crippen molar-refractivity contribution < 1.29 is 8.42 Å². The molecule has 0 aliphatic carbocycles. The third-order valence-electron chi connectivity index (χ3n) is 3.41. The zero-order chi connectivity index (χ0) is 15.9. The van der Waals surface area contributed by atoms with Gasteiger partial charge >= 0.3 is 0 Å². The lowest BCUT2D eigenvalue weighted by Crippen LogP contribution is -2.29. The molecule has 3 nitrogen and oxygen atoms in total. The number of halogens is 1. The van der Waals surface area contributed by atoms with Crippen molar-refractivity contribution in [1.82, 2.24) is 5.32 Å². The smallest absolute Gasteiger partial charge is 0.150 e. The monoisotopic (exact) mass is 375 g/mol. The van der Waals surface area contributed by atoms with Crippen molar-refractivity contribution in [2.45, 2.75) is 45.6 Å². The Labute approximate surface area is 137 Å². The van der Waals surface area contributed by atoms with Gasteiger partial charge in [-0.05, 0) is 30.4 Å². The molecule has 1 atom stereocenters. The van der Waals surface area contributed by atoms with E-state index in [2.05, 4.69) is 41.2 Å². The lowest BCUT2D eigenvalue weighted by Gasteiger charge is -2.21. The summed E-state index contributed by atoms with van der Waals surface area (Å²) in [5.74, 6) is 0.745. The molecule has 0 aliphatic heterocycles. The molecule has 1 N–H and O–H groups in total. The molecule has 0 amide bonds. The van der Waals surface area contributed by atoms with E-state index in [0.29, 0.717) is 18.9 Å². The molecule has 1 rings (SSSR count). The summed E-state index contributed by atoms with van der Waals surface area (Å²) in [4.78, 5) is 0. The Balaban J connectivity index is 2.81. The Bertz CT molecular complexity index is 529. The fourth-order valence-electron chi connectivity index (χ4n) is 2.29. The van der Waals surface area contributed by atoms with Gasteiger partial charge in [0, 0.05) is 22.8 Å². The van der Waals surface area contributed by atoms with Crippen molar-refractivity contribution in [1.29, 1.82) is 0 Å². The Hall–Kier alpha value is -0.390. The second kappa shape index (κ2) is 8.91. The van der Waals surface area contributed by atoms with Crippen molar-refractivity contribution in [3.63, 3.8) is 0 Å². The van der Waals surface area contributed by atoms with Gasteiger partial charge < -0.3 is 5.32 Å². The zero-order valence-corrected chi connectivity index (χ0v) is 15.5. The normalized spacial score (nSPS) is 13.6. The summed E-state index contributed by atoms with van der Waals surface area (Å²) >= 11 is 3.58. The van der Waals surface area contributed by atoms with Crippen LogP contribution in [-0.4, -0.2) is 32.5 Å². The second-order valence-corrected chi connectivity index (χ2v) is 8.88. The van der Waals surface area contributed by atoms with E-state index in [0.717, 1.165) is 11.0 Å². The van der Waals surface area contributed by atoms with Crippen LogP contribution in [-0.2, 0) is 9.84 Å². The third kappa shape index (κ3) is 6.94. The molecule has 21 heavy (non-hydrogen) atoms. The average molecular weight is 376 g/mol. The fraction of sp³-hybridized carbons (Fsp3) is 0.625. The van der Waals surface area contributed by atoms with Gasteiger partial charge in [-0.3, -0.25) is 0 Å². The van der Waals surface area contributed by atoms with E-state index in [1.165, 1.54) is 5.56 Å². The number of hydrogen-bond acceptors (Lipinski definition) is 3. The number of rotatable bonds is 9. The van der Waals surface area contributed by atoms with E-state index in [9.17, 15) is 8.42 Å². The summed E-state index contributed by atoms with van der Waals surface area (Å²) in [6.07, 6.45) is 1.34. The highest BCUT2D eigenvalue weighted by Gasteiger charge is 2.18. The fourth-order valence-corrected chi connectivity index (χ4v) is 4.36. The highest BCUT2D eigenvalue weighted by atomic mass is 79.9. The maximum Gasteiger partial charge on any atom is 0.150 e. The van der Waals surface area contributed by atoms with Crippen molar-refractivity contribution in [2.24, 2.45) is 0 Å². The molecule has 0 fully saturated rings. The van der Waals surface area contributed by atoms with E-state index < -0.39 is 9.84 Å². The van der Waals surface area contributed by atoms with Crippen LogP contribution in [0.15, 0.2) is 28.7 Å². The van der Waals surface area contributed by atoms with Gasteiger partial charge in [0.15, 0.2) is 0 Å². The van der Waals surface area contributed by atoms with Crippen LogP contribution in [0.1, 0.15) is 45.1 Å². The van der Waals surface area contributed by atoms with E-state index in [1.807, 2.05) is 25.1 Å². The highest BCUT2D eigenvalue weighted by molar-refractivity contribution is 9.10. The quantitative estimate of drug-likeness (QED) is 0.714. The summed E-state index contributed by atoms with van der Waals surface area (Å²) in [6.45, 7) is 6.90. The molecule has 1 unspecified atom stereocenters. The van der Waals surface area contributed by atoms with Gasteiger partial charge in [0.05, 0.1) is 5.75 Å². The zero-order valence-electron chi connectivity index (χ0n) is 13.1. The maximum atomic E-state index is 12.0. The molecular weight excluding hydrogens is 350 g/mol. The van der Waals surface area contributed by atoms with Crippen molar-refractivity contribution in [2.75, 3.05) is 18.1 Å². The first-order chi connectivity index (χ1) is 9.85. The lowest BCUT2D eigenvalue weighted by atomic mass is 9.96. The van der Waals surface area contributed by atoms with Gasteiger partial charge in [-0.25, -0.2) is 8.42 Å². The molecule has 120 valence electrons. The van der Waals surface area contributed by atoms with Crippen LogP contribution in [0.2, 0.25) is 0 Å². The molecule has 0 radical (unpaired) electrons. The molecule has 0 saturated heterocycles. The second-order valence-electron chi connectivity index (χ2n) is 5.72. The summed E-state index contributed by atoms with van der Waals surface area (Å²) in [5, 5.41) is 3.42. The molecule has 0 aromatic heterocycles. The number of hydrogen-bond donors (Lipinski definition) is 1. The maximum absolute atomic E-state index is 12.0. The van der Waals surface area contributed by atoms with E-state index in [1.54, 1.807) is 0 Å². The van der Waals surface area contributed by atoms with E-state index >= 15 is 0 Å². The van der Waals surface area contributed by atoms with E-state index in [-0.39, 0.29) is 17.4 Å². The predicted molar refractivity (Wildman–Crippen MR) is 93.6 cm³/mol. The Kier molecular flexibility index (Phi) is 7.92. The molecule has 0 bridgehead atoms. The van der Waals surface area contributed by atoms with Crippen LogP contribution >= 0.6 is 15.9 Å². The lowest BCUT2D eigenvalue weighted by molar-refractivity contribution is 0.516. The van der Waals surface area contributed by atoms with Crippen LogP contribution in [0, 0.1) is 0 Å². The van der Waals surface area contributed by atoms with Gasteiger partial charge in [0.2, 0.25) is 0 Å². The van der Waals surface area contributed by atoms with Crippen molar-refractivity contribution >= 4 is 25.8 Å². The number of nitrogens with one attached hydrogen (secondary N) is 1. The first-order valence-corrected chi connectivity index (χ1v) is 10.2. The summed E-state index contributed by atoms with van der Waals surface area (Å²) in [7, 11) is -2.93. The summed E-state index contributed by atoms with van der Waals surface area (Å²) < 4.78 is 25.0. The summed E-state index contributed by atoms with van der Waals surface area (Å²) in [5.41, 5.74) is 1.18. The Morgan fingerprint density at radius 3 is 2.43 bits per heavy atom. The Morgan fingerprint density at radius 2 is 1.86 bits per heavy atom. The highest BCUT2D eigenvalue weighted by Crippen LogP contribution is 2.27. The SMILES string of the molecule is CCCS(=O)(=O)CCC(CNC(C)C)c1ccccc1Br. The van der Waals surface area contributed by atoms with Gasteiger partial charge in [0.25, 0.3) is 0 Å². The topological polar surface area (TPSA) is 46.2 Å². The molecule has 5 heteroatoms. The minimum Gasteiger partial charge on any atom is -0.314 e. The largest absolute Gasteiger partial charge is 0.314 e. The number of benzene rings is 1. The third-order valence-corrected chi connectivity index (χ3v) is 6.02. The van der Waals surface area contributed by atoms with Crippen LogP contribution in [0.5, 0.6) is 0 Å². The van der Waals surface area contributed by atoms with Gasteiger partial charge in [-0.1, -0.05) is 54.9 Å². The average Bonchev–Trinajstić information content (AvgIpc) is 2.39. The molecular formula is C16H26BrNO2S. The van der Waals surface area contributed by atoms with Crippen LogP contribution in [0.25, 0.3) is 0 Å². The molecule has 0 aliphatic rings. The first-order valence-electron chi connectivity index (χ1n) is 7.54. The van der Waals surface area contributed by atoms with Crippen molar-refractivity contribution in [3.8, 4) is 0 Å². The molecule has 0 saturated carbocycles. The molecule has 1 aromatic carbocycles. The standard InChI is InChI=1S/C16H26BrNO2S/c1-4-10-21(19,20)11-9-14(12-18-13(2)3)15-7-5-6-8-16(15)17/h5-8,13-14,18H,4,9-12H2,1-3H3. The molecule has 0 spiro atoms. The minimum absolute atomic E-state index is 0.203. The van der Waals surface area contributed by atoms with Gasteiger partial charge in [-0.15, -0.1) is 0 Å². The van der Waals surface area contributed by atoms with Gasteiger partial charge in [-0.2, -0.15) is 0 Å². The molecule has 1 aromatic rings.